The Labute approximate surface area is 201 Å². The summed E-state index contributed by atoms with van der Waals surface area (Å²) >= 11 is 19.0. The van der Waals surface area contributed by atoms with E-state index in [1.165, 1.54) is 11.8 Å². The summed E-state index contributed by atoms with van der Waals surface area (Å²) in [5.74, 6) is -0.114. The fraction of sp³-hybridized carbons (Fsp3) is 0.130. The molecule has 0 fully saturated rings. The summed E-state index contributed by atoms with van der Waals surface area (Å²) in [6, 6.07) is 22.5. The summed E-state index contributed by atoms with van der Waals surface area (Å²) in [5, 5.41) is 10.4. The van der Waals surface area contributed by atoms with Crippen molar-refractivity contribution in [2.24, 2.45) is 0 Å². The molecule has 0 radical (unpaired) electrons. The minimum atomic E-state index is -0.281. The summed E-state index contributed by atoms with van der Waals surface area (Å²) < 4.78 is 0. The molecule has 0 aliphatic carbocycles. The number of benzene rings is 3. The molecule has 1 atom stereocenters. The third kappa shape index (κ3) is 7.14. The van der Waals surface area contributed by atoms with Crippen molar-refractivity contribution >= 4 is 75.3 Å². The Kier molecular flexibility index (Phi) is 8.60. The van der Waals surface area contributed by atoms with Crippen LogP contribution in [0, 0.1) is 0 Å². The summed E-state index contributed by atoms with van der Waals surface area (Å²) in [6.45, 7) is 1.97. The second-order valence-corrected chi connectivity index (χ2v) is 9.13. The zero-order chi connectivity index (χ0) is 22.2. The van der Waals surface area contributed by atoms with E-state index in [2.05, 4.69) is 16.0 Å². The second kappa shape index (κ2) is 11.4. The summed E-state index contributed by atoms with van der Waals surface area (Å²) in [5.41, 5.74) is 2.30. The first kappa shape index (κ1) is 23.4. The third-order valence-electron chi connectivity index (χ3n) is 4.25. The Balaban J connectivity index is 1.62. The normalized spacial score (nSPS) is 11.5. The molecule has 0 spiro atoms. The van der Waals surface area contributed by atoms with Gasteiger partial charge in [-0.05, 0) is 67.2 Å². The van der Waals surface area contributed by atoms with Gasteiger partial charge in [0.2, 0.25) is 5.91 Å². The van der Waals surface area contributed by atoms with Crippen LogP contribution in [0.3, 0.4) is 0 Å². The number of nitrogens with one attached hydrogen (secondary N) is 3. The number of hydrogen-bond donors (Lipinski definition) is 3. The number of thiocarbonyl (C=S) groups is 1. The number of carbonyl (C=O) groups excluding carboxylic acids is 1. The topological polar surface area (TPSA) is 53.2 Å². The first-order valence-corrected chi connectivity index (χ1v) is 11.6. The molecule has 0 aromatic heterocycles. The first-order valence-electron chi connectivity index (χ1n) is 9.60. The molecular weight excluding hydrogens is 469 g/mol. The molecular formula is C23H21Cl2N3OS2. The first-order chi connectivity index (χ1) is 14.9. The lowest BCUT2D eigenvalue weighted by molar-refractivity contribution is -0.115. The molecule has 1 amide bonds. The van der Waals surface area contributed by atoms with Crippen LogP contribution in [0.15, 0.2) is 77.7 Å². The Morgan fingerprint density at radius 2 is 1.65 bits per heavy atom. The second-order valence-electron chi connectivity index (χ2n) is 6.60. The van der Waals surface area contributed by atoms with Crippen molar-refractivity contribution in [3.8, 4) is 0 Å². The number of anilines is 3. The third-order valence-corrected chi connectivity index (χ3v) is 6.36. The van der Waals surface area contributed by atoms with Crippen LogP contribution in [0.2, 0.25) is 10.0 Å². The van der Waals surface area contributed by atoms with E-state index in [1.54, 1.807) is 18.2 Å². The van der Waals surface area contributed by atoms with Crippen LogP contribution in [0.5, 0.6) is 0 Å². The average Bonchev–Trinajstić information content (AvgIpc) is 2.75. The van der Waals surface area contributed by atoms with Crippen LogP contribution in [-0.2, 0) is 4.79 Å². The molecule has 3 rings (SSSR count). The number of para-hydroxylation sites is 1. The highest BCUT2D eigenvalue weighted by atomic mass is 35.5. The monoisotopic (exact) mass is 489 g/mol. The Morgan fingerprint density at radius 3 is 2.35 bits per heavy atom. The van der Waals surface area contributed by atoms with Crippen molar-refractivity contribution in [2.45, 2.75) is 23.5 Å². The van der Waals surface area contributed by atoms with Gasteiger partial charge in [-0.25, -0.2) is 0 Å². The van der Waals surface area contributed by atoms with Crippen molar-refractivity contribution in [2.75, 3.05) is 16.0 Å². The summed E-state index contributed by atoms with van der Waals surface area (Å²) in [4.78, 5) is 13.7. The molecule has 8 heteroatoms. The van der Waals surface area contributed by atoms with Gasteiger partial charge in [0, 0.05) is 21.3 Å². The van der Waals surface area contributed by atoms with E-state index >= 15 is 0 Å². The Hall–Kier alpha value is -2.25. The van der Waals surface area contributed by atoms with Crippen molar-refractivity contribution in [3.63, 3.8) is 0 Å². The highest BCUT2D eigenvalue weighted by molar-refractivity contribution is 8.00. The molecule has 3 aromatic carbocycles. The lowest BCUT2D eigenvalue weighted by Crippen LogP contribution is -2.24. The van der Waals surface area contributed by atoms with Crippen molar-refractivity contribution in [3.05, 3.63) is 82.8 Å². The zero-order valence-electron chi connectivity index (χ0n) is 16.7. The molecule has 0 saturated carbocycles. The molecule has 0 aliphatic rings. The van der Waals surface area contributed by atoms with Gasteiger partial charge in [-0.15, -0.1) is 11.8 Å². The zero-order valence-corrected chi connectivity index (χ0v) is 19.8. The van der Waals surface area contributed by atoms with Crippen molar-refractivity contribution < 1.29 is 4.79 Å². The summed E-state index contributed by atoms with van der Waals surface area (Å²) in [6.07, 6.45) is 0.660. The number of amides is 1. The van der Waals surface area contributed by atoms with Crippen LogP contribution < -0.4 is 16.0 Å². The number of halogens is 2. The van der Waals surface area contributed by atoms with Crippen molar-refractivity contribution in [1.29, 1.82) is 0 Å². The van der Waals surface area contributed by atoms with E-state index < -0.39 is 0 Å². The molecule has 31 heavy (non-hydrogen) atoms. The largest absolute Gasteiger partial charge is 0.332 e. The predicted octanol–water partition coefficient (Wildman–Crippen LogP) is 7.31. The number of hydrogen-bond acceptors (Lipinski definition) is 3. The average molecular weight is 490 g/mol. The van der Waals surface area contributed by atoms with Gasteiger partial charge < -0.3 is 16.0 Å². The van der Waals surface area contributed by atoms with Crippen molar-refractivity contribution in [1.82, 2.24) is 0 Å². The molecule has 0 saturated heterocycles. The van der Waals surface area contributed by atoms with Crippen LogP contribution in [0.25, 0.3) is 0 Å². The van der Waals surface area contributed by atoms with E-state index in [1.807, 2.05) is 61.5 Å². The van der Waals surface area contributed by atoms with Crippen LogP contribution in [0.1, 0.15) is 13.3 Å². The highest BCUT2D eigenvalue weighted by Crippen LogP contribution is 2.30. The van der Waals surface area contributed by atoms with Gasteiger partial charge in [-0.2, -0.15) is 0 Å². The van der Waals surface area contributed by atoms with Gasteiger partial charge in [0.05, 0.1) is 16.0 Å². The van der Waals surface area contributed by atoms with Gasteiger partial charge in [-0.3, -0.25) is 4.79 Å². The Bertz CT molecular complexity index is 1060. The molecule has 1 unspecified atom stereocenters. The fourth-order valence-electron chi connectivity index (χ4n) is 2.75. The van der Waals surface area contributed by atoms with Crippen LogP contribution in [-0.4, -0.2) is 16.3 Å². The molecule has 3 aromatic rings. The maximum atomic E-state index is 12.8. The summed E-state index contributed by atoms with van der Waals surface area (Å²) in [7, 11) is 0. The van der Waals surface area contributed by atoms with Crippen LogP contribution in [0.4, 0.5) is 17.1 Å². The standard InChI is InChI=1S/C23H21Cl2N3OS2/c1-2-21(22(29)28-20-12-11-15(24)13-19(20)25)31-18-10-6-9-17(14-18)27-23(30)26-16-7-4-3-5-8-16/h3-14,21H,2H2,1H3,(H,28,29)(H2,26,27,30). The van der Waals surface area contributed by atoms with E-state index in [4.69, 9.17) is 35.4 Å². The minimum Gasteiger partial charge on any atom is -0.332 e. The quantitative estimate of drug-likeness (QED) is 0.240. The molecule has 3 N–H and O–H groups in total. The molecule has 0 aliphatic heterocycles. The van der Waals surface area contributed by atoms with E-state index in [-0.39, 0.29) is 11.2 Å². The number of carbonyl (C=O) groups is 1. The number of thioether (sulfide) groups is 1. The molecule has 160 valence electrons. The molecule has 0 heterocycles. The maximum Gasteiger partial charge on any atom is 0.237 e. The minimum absolute atomic E-state index is 0.114. The van der Waals surface area contributed by atoms with E-state index in [9.17, 15) is 4.79 Å². The number of rotatable bonds is 7. The predicted molar refractivity (Wildman–Crippen MR) is 138 cm³/mol. The fourth-order valence-corrected chi connectivity index (χ4v) is 4.46. The maximum absolute atomic E-state index is 12.8. The highest BCUT2D eigenvalue weighted by Gasteiger charge is 2.19. The lowest BCUT2D eigenvalue weighted by atomic mass is 10.2. The molecule has 4 nitrogen and oxygen atoms in total. The van der Waals surface area contributed by atoms with Gasteiger partial charge in [0.1, 0.15) is 0 Å². The van der Waals surface area contributed by atoms with Gasteiger partial charge >= 0.3 is 0 Å². The molecule has 0 bridgehead atoms. The lowest BCUT2D eigenvalue weighted by Gasteiger charge is -2.16. The Morgan fingerprint density at radius 1 is 0.935 bits per heavy atom. The van der Waals surface area contributed by atoms with Crippen LogP contribution >= 0.6 is 47.2 Å². The SMILES string of the molecule is CCC(Sc1cccc(NC(=S)Nc2ccccc2)c1)C(=O)Nc1ccc(Cl)cc1Cl. The smallest absolute Gasteiger partial charge is 0.237 e. The van der Waals surface area contributed by atoms with Gasteiger partial charge in [0.25, 0.3) is 0 Å². The van der Waals surface area contributed by atoms with E-state index in [0.29, 0.717) is 27.3 Å². The van der Waals surface area contributed by atoms with E-state index in [0.717, 1.165) is 16.3 Å². The van der Waals surface area contributed by atoms with Gasteiger partial charge in [-0.1, -0.05) is 54.4 Å². The van der Waals surface area contributed by atoms with Gasteiger partial charge in [0.15, 0.2) is 5.11 Å².